The van der Waals surface area contributed by atoms with Gasteiger partial charge in [0, 0.05) is 11.7 Å². The number of rotatable bonds is 11. The SMILES string of the molecule is CCC(CC1CC1)Nc1ccc(C(CC)CC(=O)O)cc1Nc1ccc2nc(C)sc2c1. The summed E-state index contributed by atoms with van der Waals surface area (Å²) in [6.45, 7) is 6.32. The maximum absolute atomic E-state index is 11.4. The maximum atomic E-state index is 11.4. The zero-order valence-electron chi connectivity index (χ0n) is 19.1. The molecule has 4 rings (SSSR count). The molecule has 2 aromatic carbocycles. The molecule has 0 spiro atoms. The summed E-state index contributed by atoms with van der Waals surface area (Å²) < 4.78 is 1.16. The van der Waals surface area contributed by atoms with Crippen molar-refractivity contribution in [3.63, 3.8) is 0 Å². The van der Waals surface area contributed by atoms with E-state index in [-0.39, 0.29) is 12.3 Å². The van der Waals surface area contributed by atoms with Gasteiger partial charge >= 0.3 is 5.97 Å². The minimum Gasteiger partial charge on any atom is -0.481 e. The van der Waals surface area contributed by atoms with Crippen LogP contribution in [0.15, 0.2) is 36.4 Å². The van der Waals surface area contributed by atoms with E-state index >= 15 is 0 Å². The Morgan fingerprint density at radius 1 is 1.16 bits per heavy atom. The molecule has 5 nitrogen and oxygen atoms in total. The molecule has 0 amide bonds. The summed E-state index contributed by atoms with van der Waals surface area (Å²) in [4.78, 5) is 15.9. The van der Waals surface area contributed by atoms with Crippen molar-refractivity contribution in [3.8, 4) is 0 Å². The molecule has 6 heteroatoms. The second-order valence-corrected chi connectivity index (χ2v) is 10.2. The number of aromatic nitrogens is 1. The summed E-state index contributed by atoms with van der Waals surface area (Å²) >= 11 is 1.70. The first kappa shape index (κ1) is 22.6. The van der Waals surface area contributed by atoms with E-state index in [1.807, 2.05) is 6.92 Å². The van der Waals surface area contributed by atoms with Gasteiger partial charge in [-0.25, -0.2) is 4.98 Å². The van der Waals surface area contributed by atoms with Gasteiger partial charge in [0.15, 0.2) is 0 Å². The van der Waals surface area contributed by atoms with Gasteiger partial charge in [0.2, 0.25) is 0 Å². The zero-order chi connectivity index (χ0) is 22.7. The minimum absolute atomic E-state index is 0.00200. The summed E-state index contributed by atoms with van der Waals surface area (Å²) in [5.41, 5.74) is 5.18. The van der Waals surface area contributed by atoms with E-state index < -0.39 is 5.97 Å². The Balaban J connectivity index is 1.65. The molecular formula is C26H33N3O2S. The molecular weight excluding hydrogens is 418 g/mol. The molecule has 1 fully saturated rings. The summed E-state index contributed by atoms with van der Waals surface area (Å²) in [6.07, 6.45) is 5.94. The van der Waals surface area contributed by atoms with E-state index in [0.717, 1.165) is 56.6 Å². The van der Waals surface area contributed by atoms with Gasteiger partial charge in [-0.05, 0) is 73.9 Å². The van der Waals surface area contributed by atoms with Crippen LogP contribution in [0.25, 0.3) is 10.2 Å². The van der Waals surface area contributed by atoms with E-state index in [1.165, 1.54) is 19.3 Å². The van der Waals surface area contributed by atoms with E-state index in [2.05, 4.69) is 65.9 Å². The normalized spacial score (nSPS) is 15.5. The average Bonchev–Trinajstić information content (AvgIpc) is 3.50. The van der Waals surface area contributed by atoms with Crippen molar-refractivity contribution in [2.75, 3.05) is 10.6 Å². The number of fused-ring (bicyclic) bond motifs is 1. The lowest BCUT2D eigenvalue weighted by Gasteiger charge is -2.23. The fourth-order valence-corrected chi connectivity index (χ4v) is 5.20. The Morgan fingerprint density at radius 3 is 2.66 bits per heavy atom. The van der Waals surface area contributed by atoms with Gasteiger partial charge in [0.1, 0.15) is 0 Å². The van der Waals surface area contributed by atoms with Crippen LogP contribution in [-0.4, -0.2) is 22.1 Å². The Kier molecular flexibility index (Phi) is 6.99. The van der Waals surface area contributed by atoms with E-state index in [9.17, 15) is 9.90 Å². The molecule has 2 unspecified atom stereocenters. The highest BCUT2D eigenvalue weighted by Crippen LogP contribution is 2.37. The number of hydrogen-bond donors (Lipinski definition) is 3. The largest absolute Gasteiger partial charge is 0.481 e. The van der Waals surface area contributed by atoms with Gasteiger partial charge in [0.25, 0.3) is 0 Å². The van der Waals surface area contributed by atoms with Crippen LogP contribution in [0.4, 0.5) is 17.1 Å². The van der Waals surface area contributed by atoms with Crippen molar-refractivity contribution < 1.29 is 9.90 Å². The third kappa shape index (κ3) is 5.60. The van der Waals surface area contributed by atoms with Crippen LogP contribution in [0.5, 0.6) is 0 Å². The number of aryl methyl sites for hydroxylation is 1. The van der Waals surface area contributed by atoms with E-state index in [1.54, 1.807) is 11.3 Å². The number of carboxylic acid groups (broad SMARTS) is 1. The number of anilines is 3. The van der Waals surface area contributed by atoms with Gasteiger partial charge < -0.3 is 15.7 Å². The van der Waals surface area contributed by atoms with Crippen molar-refractivity contribution in [1.29, 1.82) is 0 Å². The monoisotopic (exact) mass is 451 g/mol. The predicted molar refractivity (Wildman–Crippen MR) is 134 cm³/mol. The maximum Gasteiger partial charge on any atom is 0.303 e. The smallest absolute Gasteiger partial charge is 0.303 e. The van der Waals surface area contributed by atoms with Crippen molar-refractivity contribution in [1.82, 2.24) is 4.98 Å². The van der Waals surface area contributed by atoms with Crippen LogP contribution in [0.1, 0.15) is 68.9 Å². The van der Waals surface area contributed by atoms with Gasteiger partial charge in [-0.3, -0.25) is 4.79 Å². The predicted octanol–water partition coefficient (Wildman–Crippen LogP) is 7.31. The summed E-state index contributed by atoms with van der Waals surface area (Å²) in [7, 11) is 0. The molecule has 2 atom stereocenters. The molecule has 1 aliphatic rings. The number of benzene rings is 2. The summed E-state index contributed by atoms with van der Waals surface area (Å²) in [5, 5.41) is 17.8. The van der Waals surface area contributed by atoms with Gasteiger partial charge in [-0.1, -0.05) is 32.8 Å². The number of hydrogen-bond acceptors (Lipinski definition) is 5. The second kappa shape index (κ2) is 9.90. The highest BCUT2D eigenvalue weighted by Gasteiger charge is 2.25. The molecule has 32 heavy (non-hydrogen) atoms. The topological polar surface area (TPSA) is 74.2 Å². The fraction of sp³-hybridized carbons (Fsp3) is 0.462. The van der Waals surface area contributed by atoms with Crippen LogP contribution in [0.2, 0.25) is 0 Å². The number of carboxylic acids is 1. The molecule has 3 N–H and O–H groups in total. The Morgan fingerprint density at radius 2 is 1.97 bits per heavy atom. The minimum atomic E-state index is -0.755. The number of nitrogens with zero attached hydrogens (tertiary/aromatic N) is 1. The molecule has 0 radical (unpaired) electrons. The first-order chi connectivity index (χ1) is 15.4. The van der Waals surface area contributed by atoms with Gasteiger partial charge in [-0.15, -0.1) is 11.3 Å². The third-order valence-corrected chi connectivity index (χ3v) is 7.30. The van der Waals surface area contributed by atoms with Crippen molar-refractivity contribution >= 4 is 44.6 Å². The lowest BCUT2D eigenvalue weighted by atomic mass is 9.92. The number of carbonyl (C=O) groups is 1. The molecule has 170 valence electrons. The van der Waals surface area contributed by atoms with Gasteiger partial charge in [-0.2, -0.15) is 0 Å². The van der Waals surface area contributed by atoms with Crippen LogP contribution in [-0.2, 0) is 4.79 Å². The second-order valence-electron chi connectivity index (χ2n) is 8.98. The van der Waals surface area contributed by atoms with E-state index in [0.29, 0.717) is 6.04 Å². The number of thiazole rings is 1. The highest BCUT2D eigenvalue weighted by molar-refractivity contribution is 7.18. The molecule has 1 aromatic heterocycles. The molecule has 0 aliphatic heterocycles. The molecule has 0 saturated heterocycles. The zero-order valence-corrected chi connectivity index (χ0v) is 20.0. The molecule has 1 heterocycles. The number of aliphatic carboxylic acids is 1. The Hall–Kier alpha value is -2.60. The Bertz CT molecular complexity index is 1090. The fourth-order valence-electron chi connectivity index (χ4n) is 4.33. The van der Waals surface area contributed by atoms with Crippen LogP contribution in [0.3, 0.4) is 0 Å². The van der Waals surface area contributed by atoms with Crippen LogP contribution >= 0.6 is 11.3 Å². The molecule has 1 saturated carbocycles. The third-order valence-electron chi connectivity index (χ3n) is 6.37. The average molecular weight is 452 g/mol. The first-order valence-electron chi connectivity index (χ1n) is 11.7. The Labute approximate surface area is 194 Å². The molecule has 1 aliphatic carbocycles. The van der Waals surface area contributed by atoms with Crippen molar-refractivity contribution in [2.24, 2.45) is 5.92 Å². The lowest BCUT2D eigenvalue weighted by molar-refractivity contribution is -0.137. The van der Waals surface area contributed by atoms with Crippen LogP contribution in [0, 0.1) is 12.8 Å². The van der Waals surface area contributed by atoms with Crippen molar-refractivity contribution in [2.45, 2.75) is 71.3 Å². The number of nitrogens with one attached hydrogen (secondary N) is 2. The molecule has 3 aromatic rings. The molecule has 0 bridgehead atoms. The summed E-state index contributed by atoms with van der Waals surface area (Å²) in [6, 6.07) is 13.0. The standard InChI is InChI=1S/C26H33N3O2S/c1-4-18(14-26(30)31)19-8-10-22(28-20(5-2)12-17-6-7-17)24(13-19)29-21-9-11-23-25(15-21)32-16(3)27-23/h8-11,13,15,17-18,20,28-29H,4-7,12,14H2,1-3H3,(H,30,31). The van der Waals surface area contributed by atoms with E-state index in [4.69, 9.17) is 0 Å². The quantitative estimate of drug-likeness (QED) is 0.285. The summed E-state index contributed by atoms with van der Waals surface area (Å²) in [5.74, 6) is 0.109. The highest BCUT2D eigenvalue weighted by atomic mass is 32.1. The van der Waals surface area contributed by atoms with Crippen LogP contribution < -0.4 is 10.6 Å². The van der Waals surface area contributed by atoms with Crippen molar-refractivity contribution in [3.05, 3.63) is 47.0 Å². The van der Waals surface area contributed by atoms with Gasteiger partial charge in [0.05, 0.1) is 33.0 Å². The first-order valence-corrected chi connectivity index (χ1v) is 12.5. The lowest BCUT2D eigenvalue weighted by Crippen LogP contribution is -2.20.